The summed E-state index contributed by atoms with van der Waals surface area (Å²) >= 11 is 1.53. The summed E-state index contributed by atoms with van der Waals surface area (Å²) in [5, 5.41) is 0. The lowest BCUT2D eigenvalue weighted by Crippen LogP contribution is -2.37. The van der Waals surface area contributed by atoms with Crippen LogP contribution in [0, 0.1) is 0 Å². The lowest BCUT2D eigenvalue weighted by atomic mass is 10.1. The Kier molecular flexibility index (Phi) is 5.52. The number of nitrogen functional groups attached to an aromatic ring is 1. The summed E-state index contributed by atoms with van der Waals surface area (Å²) in [6.07, 6.45) is -1.54. The summed E-state index contributed by atoms with van der Waals surface area (Å²) in [4.78, 5) is 14.6. The Balaban J connectivity index is 2.11. The first-order valence-corrected chi connectivity index (χ1v) is 9.30. The van der Waals surface area contributed by atoms with Crippen molar-refractivity contribution in [2.45, 2.75) is 11.9 Å². The van der Waals surface area contributed by atoms with E-state index in [1.54, 1.807) is 6.07 Å². The minimum atomic E-state index is -4.56. The van der Waals surface area contributed by atoms with Crippen LogP contribution in [-0.2, 0) is 16.7 Å². The highest BCUT2D eigenvalue weighted by atomic mass is 32.2. The largest absolute Gasteiger partial charge is 0.417 e. The van der Waals surface area contributed by atoms with Gasteiger partial charge in [-0.15, -0.1) is 0 Å². The summed E-state index contributed by atoms with van der Waals surface area (Å²) < 4.78 is 45.7. The number of hydrogen-bond donors (Lipinski definition) is 1. The molecule has 2 N–H and O–H groups in total. The number of anilines is 2. The summed E-state index contributed by atoms with van der Waals surface area (Å²) in [7, 11) is 0. The van der Waals surface area contributed by atoms with Crippen LogP contribution in [0.1, 0.15) is 11.3 Å². The average Bonchev–Trinajstić information content (AvgIpc) is 2.62. The van der Waals surface area contributed by atoms with Crippen molar-refractivity contribution in [3.05, 3.63) is 29.6 Å². The zero-order valence-corrected chi connectivity index (χ0v) is 14.9. The van der Waals surface area contributed by atoms with E-state index in [4.69, 9.17) is 10.5 Å². The first kappa shape index (κ1) is 18.7. The van der Waals surface area contributed by atoms with Gasteiger partial charge in [0.05, 0.1) is 30.2 Å². The van der Waals surface area contributed by atoms with Gasteiger partial charge in [0.2, 0.25) is 5.95 Å². The van der Waals surface area contributed by atoms with Gasteiger partial charge in [-0.1, -0.05) is 0 Å². The molecule has 1 fully saturated rings. The van der Waals surface area contributed by atoms with Gasteiger partial charge in [0.15, 0.2) is 0 Å². The Morgan fingerprint density at radius 1 is 1.23 bits per heavy atom. The molecule has 1 aliphatic rings. The second-order valence-electron chi connectivity index (χ2n) is 5.73. The minimum absolute atomic E-state index is 0.106. The Labute approximate surface area is 153 Å². The van der Waals surface area contributed by atoms with Crippen molar-refractivity contribution in [2.24, 2.45) is 0 Å². The number of halogens is 3. The van der Waals surface area contributed by atoms with E-state index in [1.807, 2.05) is 11.2 Å². The maximum absolute atomic E-state index is 13.5. The fourth-order valence-corrected chi connectivity index (χ4v) is 3.10. The van der Waals surface area contributed by atoms with Gasteiger partial charge in [-0.3, -0.25) is 0 Å². The highest BCUT2D eigenvalue weighted by Gasteiger charge is 2.35. The van der Waals surface area contributed by atoms with Crippen LogP contribution in [0.4, 0.5) is 24.9 Å². The molecular formula is C16H18F3N5OS. The monoisotopic (exact) mass is 385 g/mol. The number of alkyl halides is 3. The molecule has 0 spiro atoms. The molecule has 140 valence electrons. The molecule has 0 aliphatic carbocycles. The normalized spacial score (nSPS) is 15.3. The number of thioether (sulfide) groups is 1. The summed E-state index contributed by atoms with van der Waals surface area (Å²) in [5.74, 6) is 0.782. The number of ether oxygens (including phenoxy) is 1. The van der Waals surface area contributed by atoms with Crippen LogP contribution < -0.4 is 10.6 Å². The number of rotatable bonds is 4. The van der Waals surface area contributed by atoms with Crippen LogP contribution >= 0.6 is 11.8 Å². The molecule has 0 amide bonds. The molecule has 0 aromatic carbocycles. The summed E-state index contributed by atoms with van der Waals surface area (Å²) in [6, 6.07) is 2.41. The number of pyridine rings is 1. The van der Waals surface area contributed by atoms with Crippen LogP contribution in [0.15, 0.2) is 18.3 Å². The Morgan fingerprint density at radius 3 is 2.62 bits per heavy atom. The fraction of sp³-hybridized carbons (Fsp3) is 0.438. The van der Waals surface area contributed by atoms with Crippen LogP contribution in [0.2, 0.25) is 0 Å². The van der Waals surface area contributed by atoms with Crippen molar-refractivity contribution in [3.63, 3.8) is 0 Å². The van der Waals surface area contributed by atoms with Crippen LogP contribution in [0.5, 0.6) is 0 Å². The number of morpholine rings is 1. The Bertz CT molecular complexity index is 781. The quantitative estimate of drug-likeness (QED) is 0.867. The molecule has 2 aromatic rings. The van der Waals surface area contributed by atoms with E-state index < -0.39 is 11.7 Å². The van der Waals surface area contributed by atoms with Crippen LogP contribution in [0.3, 0.4) is 0 Å². The summed E-state index contributed by atoms with van der Waals surface area (Å²) in [5.41, 5.74) is 5.34. The lowest BCUT2D eigenvalue weighted by Gasteiger charge is -2.27. The highest BCUT2D eigenvalue weighted by Crippen LogP contribution is 2.37. The topological polar surface area (TPSA) is 77.2 Å². The van der Waals surface area contributed by atoms with Gasteiger partial charge >= 0.3 is 6.18 Å². The standard InChI is InChI=1S/C16H18F3N5OS/c1-26-9-10-6-13(23-15(22-10)24-2-4-25-5-3-24)11-8-21-14(20)7-12(11)16(17,18)19/h6-8H,2-5,9H2,1H3,(H2,20,21). The maximum Gasteiger partial charge on any atom is 0.417 e. The molecule has 26 heavy (non-hydrogen) atoms. The van der Waals surface area contributed by atoms with E-state index in [9.17, 15) is 13.2 Å². The molecule has 0 saturated carbocycles. The van der Waals surface area contributed by atoms with Crippen molar-refractivity contribution in [3.8, 4) is 11.3 Å². The van der Waals surface area contributed by atoms with Gasteiger partial charge in [0.1, 0.15) is 5.82 Å². The first-order chi connectivity index (χ1) is 12.4. The minimum Gasteiger partial charge on any atom is -0.384 e. The van der Waals surface area contributed by atoms with Gasteiger partial charge in [0.25, 0.3) is 0 Å². The van der Waals surface area contributed by atoms with E-state index in [0.29, 0.717) is 43.7 Å². The molecule has 10 heteroatoms. The molecule has 0 atom stereocenters. The molecule has 1 aliphatic heterocycles. The van der Waals surface area contributed by atoms with E-state index in [0.717, 1.165) is 12.3 Å². The second-order valence-corrected chi connectivity index (χ2v) is 6.60. The van der Waals surface area contributed by atoms with Gasteiger partial charge in [-0.05, 0) is 18.4 Å². The Hall–Kier alpha value is -2.07. The third-order valence-corrected chi connectivity index (χ3v) is 4.44. The van der Waals surface area contributed by atoms with Crippen molar-refractivity contribution in [1.29, 1.82) is 0 Å². The molecule has 6 nitrogen and oxygen atoms in total. The van der Waals surface area contributed by atoms with E-state index >= 15 is 0 Å². The molecule has 3 heterocycles. The smallest absolute Gasteiger partial charge is 0.384 e. The SMILES string of the molecule is CSCc1cc(-c2cnc(N)cc2C(F)(F)F)nc(N2CCOCC2)n1. The highest BCUT2D eigenvalue weighted by molar-refractivity contribution is 7.97. The van der Waals surface area contributed by atoms with E-state index in [2.05, 4.69) is 15.0 Å². The molecule has 0 radical (unpaired) electrons. The third-order valence-electron chi connectivity index (χ3n) is 3.86. The van der Waals surface area contributed by atoms with Crippen molar-refractivity contribution in [1.82, 2.24) is 15.0 Å². The zero-order chi connectivity index (χ0) is 18.7. The van der Waals surface area contributed by atoms with Gasteiger partial charge < -0.3 is 15.4 Å². The van der Waals surface area contributed by atoms with Crippen LogP contribution in [-0.4, -0.2) is 47.5 Å². The van der Waals surface area contributed by atoms with Crippen molar-refractivity contribution < 1.29 is 17.9 Å². The van der Waals surface area contributed by atoms with E-state index in [1.165, 1.54) is 11.8 Å². The molecule has 1 saturated heterocycles. The third kappa shape index (κ3) is 4.18. The molecule has 0 unspecified atom stereocenters. The lowest BCUT2D eigenvalue weighted by molar-refractivity contribution is -0.137. The zero-order valence-electron chi connectivity index (χ0n) is 14.1. The number of hydrogen-bond acceptors (Lipinski definition) is 7. The van der Waals surface area contributed by atoms with Crippen LogP contribution in [0.25, 0.3) is 11.3 Å². The number of nitrogens with two attached hydrogens (primary N) is 1. The van der Waals surface area contributed by atoms with Gasteiger partial charge in [0, 0.05) is 30.6 Å². The summed E-state index contributed by atoms with van der Waals surface area (Å²) in [6.45, 7) is 2.24. The van der Waals surface area contributed by atoms with E-state index in [-0.39, 0.29) is 17.1 Å². The number of aromatic nitrogens is 3. The molecule has 0 bridgehead atoms. The molecule has 3 rings (SSSR count). The predicted octanol–water partition coefficient (Wildman–Crippen LogP) is 2.84. The van der Waals surface area contributed by atoms with Crippen molar-refractivity contribution >= 4 is 23.5 Å². The second kappa shape index (κ2) is 7.67. The first-order valence-electron chi connectivity index (χ1n) is 7.91. The predicted molar refractivity (Wildman–Crippen MR) is 94.9 cm³/mol. The van der Waals surface area contributed by atoms with Crippen molar-refractivity contribution in [2.75, 3.05) is 43.2 Å². The maximum atomic E-state index is 13.5. The number of nitrogens with zero attached hydrogens (tertiary/aromatic N) is 4. The average molecular weight is 385 g/mol. The molecule has 2 aromatic heterocycles. The fourth-order valence-electron chi connectivity index (χ4n) is 2.66. The van der Waals surface area contributed by atoms with Gasteiger partial charge in [-0.25, -0.2) is 15.0 Å². The molecular weight excluding hydrogens is 367 g/mol. The Morgan fingerprint density at radius 2 is 1.96 bits per heavy atom. The van der Waals surface area contributed by atoms with Gasteiger partial charge in [-0.2, -0.15) is 24.9 Å².